The molecular formula is C12H17ClN2O2. The summed E-state index contributed by atoms with van der Waals surface area (Å²) in [5.41, 5.74) is 0.355. The Morgan fingerprint density at radius 2 is 2.29 bits per heavy atom. The summed E-state index contributed by atoms with van der Waals surface area (Å²) < 4.78 is 0. The zero-order valence-electron chi connectivity index (χ0n) is 9.98. The number of carbonyl (C=O) groups is 1. The van der Waals surface area contributed by atoms with Crippen LogP contribution >= 0.6 is 11.6 Å². The molecule has 1 unspecified atom stereocenters. The van der Waals surface area contributed by atoms with Crippen molar-refractivity contribution in [1.82, 2.24) is 10.3 Å². The number of rotatable bonds is 5. The Hall–Kier alpha value is -1.13. The molecule has 17 heavy (non-hydrogen) atoms. The Labute approximate surface area is 106 Å². The maximum atomic E-state index is 11.7. The monoisotopic (exact) mass is 256 g/mol. The van der Waals surface area contributed by atoms with Crippen molar-refractivity contribution in [2.24, 2.45) is 5.92 Å². The molecule has 0 spiro atoms. The molecule has 0 bridgehead atoms. The van der Waals surface area contributed by atoms with E-state index >= 15 is 0 Å². The molecule has 0 saturated carbocycles. The summed E-state index contributed by atoms with van der Waals surface area (Å²) in [4.78, 5) is 15.5. The number of carbonyl (C=O) groups excluding carboxylic acids is 1. The number of aromatic nitrogens is 1. The van der Waals surface area contributed by atoms with E-state index in [0.717, 1.165) is 0 Å². The Morgan fingerprint density at radius 3 is 2.88 bits per heavy atom. The standard InChI is InChI=1S/C12H17ClN2O2/c1-8(2)10(16)5-7-15-12(17)9-4-3-6-14-11(9)13/h3-4,6,8,10,16H,5,7H2,1-2H3,(H,15,17). The molecule has 0 radical (unpaired) electrons. The fraction of sp³-hybridized carbons (Fsp3) is 0.500. The first kappa shape index (κ1) is 13.9. The summed E-state index contributed by atoms with van der Waals surface area (Å²) in [6.45, 7) is 4.29. The SMILES string of the molecule is CC(C)C(O)CCNC(=O)c1cccnc1Cl. The smallest absolute Gasteiger partial charge is 0.254 e. The third kappa shape index (κ3) is 4.32. The second kappa shape index (κ2) is 6.57. The number of pyridine rings is 1. The minimum Gasteiger partial charge on any atom is -0.393 e. The van der Waals surface area contributed by atoms with Gasteiger partial charge < -0.3 is 10.4 Å². The Kier molecular flexibility index (Phi) is 5.38. The van der Waals surface area contributed by atoms with Crippen LogP contribution in [0.25, 0.3) is 0 Å². The molecule has 1 rings (SSSR count). The first-order valence-electron chi connectivity index (χ1n) is 5.59. The molecule has 5 heteroatoms. The van der Waals surface area contributed by atoms with Gasteiger partial charge in [-0.3, -0.25) is 4.79 Å². The normalized spacial score (nSPS) is 12.5. The van der Waals surface area contributed by atoms with Gasteiger partial charge in [0.15, 0.2) is 0 Å². The highest BCUT2D eigenvalue weighted by Gasteiger charge is 2.12. The highest BCUT2D eigenvalue weighted by atomic mass is 35.5. The average molecular weight is 257 g/mol. The zero-order valence-corrected chi connectivity index (χ0v) is 10.7. The van der Waals surface area contributed by atoms with Crippen LogP contribution in [-0.4, -0.2) is 28.6 Å². The molecule has 0 aromatic carbocycles. The van der Waals surface area contributed by atoms with Gasteiger partial charge in [0.2, 0.25) is 0 Å². The first-order valence-corrected chi connectivity index (χ1v) is 5.97. The zero-order chi connectivity index (χ0) is 12.8. The van der Waals surface area contributed by atoms with Gasteiger partial charge in [0.05, 0.1) is 11.7 Å². The van der Waals surface area contributed by atoms with Gasteiger partial charge in [-0.25, -0.2) is 4.98 Å². The lowest BCUT2D eigenvalue weighted by Crippen LogP contribution is -2.29. The van der Waals surface area contributed by atoms with Crippen molar-refractivity contribution in [2.45, 2.75) is 26.4 Å². The molecule has 0 aliphatic carbocycles. The van der Waals surface area contributed by atoms with Gasteiger partial charge in [0.1, 0.15) is 5.15 Å². The summed E-state index contributed by atoms with van der Waals surface area (Å²) in [6, 6.07) is 3.27. The maximum Gasteiger partial charge on any atom is 0.254 e. The fourth-order valence-corrected chi connectivity index (χ4v) is 1.52. The molecule has 1 aromatic heterocycles. The van der Waals surface area contributed by atoms with Gasteiger partial charge in [-0.15, -0.1) is 0 Å². The van der Waals surface area contributed by atoms with Gasteiger partial charge in [0.25, 0.3) is 5.91 Å². The quantitative estimate of drug-likeness (QED) is 0.791. The Balaban J connectivity index is 2.43. The number of aliphatic hydroxyl groups excluding tert-OH is 1. The van der Waals surface area contributed by atoms with E-state index in [1.807, 2.05) is 13.8 Å². The van der Waals surface area contributed by atoms with E-state index in [1.165, 1.54) is 6.20 Å². The van der Waals surface area contributed by atoms with Crippen molar-refractivity contribution in [2.75, 3.05) is 6.54 Å². The van der Waals surface area contributed by atoms with E-state index < -0.39 is 6.10 Å². The first-order chi connectivity index (χ1) is 8.02. The van der Waals surface area contributed by atoms with E-state index in [-0.39, 0.29) is 17.0 Å². The van der Waals surface area contributed by atoms with Crippen LogP contribution in [0, 0.1) is 5.92 Å². The van der Waals surface area contributed by atoms with Crippen molar-refractivity contribution in [3.05, 3.63) is 29.0 Å². The van der Waals surface area contributed by atoms with Gasteiger partial charge in [0, 0.05) is 12.7 Å². The maximum absolute atomic E-state index is 11.7. The van der Waals surface area contributed by atoms with E-state index in [1.54, 1.807) is 12.1 Å². The second-order valence-corrected chi connectivity index (χ2v) is 4.56. The lowest BCUT2D eigenvalue weighted by molar-refractivity contribution is 0.0920. The number of nitrogens with one attached hydrogen (secondary N) is 1. The molecule has 0 fully saturated rings. The molecular weight excluding hydrogens is 240 g/mol. The van der Waals surface area contributed by atoms with Crippen molar-refractivity contribution in [1.29, 1.82) is 0 Å². The summed E-state index contributed by atoms with van der Waals surface area (Å²) in [5, 5.41) is 12.5. The summed E-state index contributed by atoms with van der Waals surface area (Å²) in [5.74, 6) is -0.0760. The van der Waals surface area contributed by atoms with Crippen LogP contribution in [0.3, 0.4) is 0 Å². The molecule has 1 heterocycles. The largest absolute Gasteiger partial charge is 0.393 e. The second-order valence-electron chi connectivity index (χ2n) is 4.20. The van der Waals surface area contributed by atoms with E-state index in [9.17, 15) is 9.90 Å². The molecule has 4 nitrogen and oxygen atoms in total. The van der Waals surface area contributed by atoms with Crippen LogP contribution < -0.4 is 5.32 Å². The third-order valence-corrected chi connectivity index (χ3v) is 2.80. The van der Waals surface area contributed by atoms with Gasteiger partial charge in [-0.05, 0) is 24.5 Å². The molecule has 2 N–H and O–H groups in total. The molecule has 0 aliphatic heterocycles. The number of halogens is 1. The van der Waals surface area contributed by atoms with Crippen molar-refractivity contribution >= 4 is 17.5 Å². The molecule has 0 saturated heterocycles. The average Bonchev–Trinajstić information content (AvgIpc) is 2.29. The van der Waals surface area contributed by atoms with Gasteiger partial charge >= 0.3 is 0 Å². The number of nitrogens with zero attached hydrogens (tertiary/aromatic N) is 1. The van der Waals surface area contributed by atoms with Crippen LogP contribution in [0.4, 0.5) is 0 Å². The summed E-state index contributed by atoms with van der Waals surface area (Å²) in [7, 11) is 0. The number of hydrogen-bond donors (Lipinski definition) is 2. The van der Waals surface area contributed by atoms with Gasteiger partial charge in [-0.2, -0.15) is 0 Å². The highest BCUT2D eigenvalue weighted by Crippen LogP contribution is 2.11. The van der Waals surface area contributed by atoms with Crippen LogP contribution in [0.15, 0.2) is 18.3 Å². The molecule has 1 aromatic rings. The topological polar surface area (TPSA) is 62.2 Å². The molecule has 94 valence electrons. The van der Waals surface area contributed by atoms with Crippen LogP contribution in [0.2, 0.25) is 5.15 Å². The number of hydrogen-bond acceptors (Lipinski definition) is 3. The van der Waals surface area contributed by atoms with Gasteiger partial charge in [-0.1, -0.05) is 25.4 Å². The summed E-state index contributed by atoms with van der Waals surface area (Å²) >= 11 is 5.79. The minimum atomic E-state index is -0.403. The van der Waals surface area contributed by atoms with Crippen molar-refractivity contribution in [3.63, 3.8) is 0 Å². The fourth-order valence-electron chi connectivity index (χ4n) is 1.32. The summed E-state index contributed by atoms with van der Waals surface area (Å²) in [6.07, 6.45) is 1.66. The Morgan fingerprint density at radius 1 is 1.59 bits per heavy atom. The molecule has 1 amide bonds. The van der Waals surface area contributed by atoms with Crippen LogP contribution in [0.1, 0.15) is 30.6 Å². The third-order valence-electron chi connectivity index (χ3n) is 2.50. The molecule has 1 atom stereocenters. The molecule has 0 aliphatic rings. The lowest BCUT2D eigenvalue weighted by Gasteiger charge is -2.14. The lowest BCUT2D eigenvalue weighted by atomic mass is 10.0. The number of amides is 1. The number of aliphatic hydroxyl groups is 1. The van der Waals surface area contributed by atoms with Crippen LogP contribution in [-0.2, 0) is 0 Å². The predicted octanol–water partition coefficient (Wildman–Crippen LogP) is 1.87. The van der Waals surface area contributed by atoms with Crippen molar-refractivity contribution in [3.8, 4) is 0 Å². The van der Waals surface area contributed by atoms with E-state index in [0.29, 0.717) is 18.5 Å². The highest BCUT2D eigenvalue weighted by molar-refractivity contribution is 6.32. The Bertz CT molecular complexity index is 383. The van der Waals surface area contributed by atoms with E-state index in [4.69, 9.17) is 11.6 Å². The van der Waals surface area contributed by atoms with Crippen molar-refractivity contribution < 1.29 is 9.90 Å². The predicted molar refractivity (Wildman–Crippen MR) is 67.0 cm³/mol. The van der Waals surface area contributed by atoms with E-state index in [2.05, 4.69) is 10.3 Å². The van der Waals surface area contributed by atoms with Crippen LogP contribution in [0.5, 0.6) is 0 Å². The minimum absolute atomic E-state index is 0.189.